The Morgan fingerprint density at radius 3 is 2.88 bits per heavy atom. The minimum absolute atomic E-state index is 0.172. The molecule has 0 radical (unpaired) electrons. The molecule has 1 heterocycles. The first-order chi connectivity index (χ1) is 7.57. The Morgan fingerprint density at radius 1 is 1.62 bits per heavy atom. The summed E-state index contributed by atoms with van der Waals surface area (Å²) >= 11 is 0. The van der Waals surface area contributed by atoms with Crippen LogP contribution in [-0.4, -0.2) is 35.9 Å². The molecule has 0 saturated carbocycles. The number of hydrogen-bond donors (Lipinski definition) is 2. The maximum absolute atomic E-state index is 11.1. The molecule has 1 saturated heterocycles. The first-order valence-corrected chi connectivity index (χ1v) is 6.15. The lowest BCUT2D eigenvalue weighted by atomic mass is 9.93. The Labute approximate surface area is 97.4 Å². The largest absolute Gasteiger partial charge is 0.480 e. The minimum atomic E-state index is -0.750. The molecule has 94 valence electrons. The van der Waals surface area contributed by atoms with Crippen LogP contribution < -0.4 is 5.32 Å². The number of hydrogen-bond acceptors (Lipinski definition) is 3. The van der Waals surface area contributed by atoms with E-state index < -0.39 is 12.0 Å². The highest BCUT2D eigenvalue weighted by Gasteiger charge is 2.32. The molecule has 0 amide bonds. The molecule has 16 heavy (non-hydrogen) atoms. The molecule has 2 N–H and O–H groups in total. The Morgan fingerprint density at radius 2 is 2.38 bits per heavy atom. The van der Waals surface area contributed by atoms with Crippen LogP contribution in [-0.2, 0) is 9.53 Å². The van der Waals surface area contributed by atoms with Gasteiger partial charge in [-0.15, -0.1) is 0 Å². The van der Waals surface area contributed by atoms with Gasteiger partial charge in [-0.25, -0.2) is 0 Å². The molecule has 0 bridgehead atoms. The second kappa shape index (κ2) is 6.21. The Balaban J connectivity index is 2.48. The van der Waals surface area contributed by atoms with Crippen LogP contribution >= 0.6 is 0 Å². The van der Waals surface area contributed by atoms with Crippen LogP contribution in [0, 0.1) is 0 Å². The molecule has 1 rings (SSSR count). The SMILES string of the molecule is CCCCC(NC1(C)CCCOC1)C(=O)O. The molecule has 0 aliphatic carbocycles. The molecule has 0 aromatic carbocycles. The zero-order valence-corrected chi connectivity index (χ0v) is 10.3. The van der Waals surface area contributed by atoms with E-state index in [1.54, 1.807) is 0 Å². The first kappa shape index (κ1) is 13.5. The van der Waals surface area contributed by atoms with Crippen LogP contribution in [0.15, 0.2) is 0 Å². The van der Waals surface area contributed by atoms with Crippen molar-refractivity contribution < 1.29 is 14.6 Å². The van der Waals surface area contributed by atoms with Crippen LogP contribution in [0.2, 0.25) is 0 Å². The summed E-state index contributed by atoms with van der Waals surface area (Å²) < 4.78 is 5.41. The second-order valence-corrected chi connectivity index (χ2v) is 4.89. The number of nitrogens with one attached hydrogen (secondary N) is 1. The van der Waals surface area contributed by atoms with E-state index in [4.69, 9.17) is 9.84 Å². The van der Waals surface area contributed by atoms with Gasteiger partial charge in [-0.05, 0) is 26.2 Å². The Bertz CT molecular complexity index is 224. The summed E-state index contributed by atoms with van der Waals surface area (Å²) in [7, 11) is 0. The second-order valence-electron chi connectivity index (χ2n) is 4.89. The zero-order valence-electron chi connectivity index (χ0n) is 10.3. The third kappa shape index (κ3) is 4.10. The summed E-state index contributed by atoms with van der Waals surface area (Å²) in [5.41, 5.74) is -0.172. The number of carboxylic acids is 1. The molecular weight excluding hydrogens is 206 g/mol. The predicted molar refractivity (Wildman–Crippen MR) is 62.5 cm³/mol. The van der Waals surface area contributed by atoms with E-state index in [2.05, 4.69) is 12.2 Å². The topological polar surface area (TPSA) is 58.6 Å². The summed E-state index contributed by atoms with van der Waals surface area (Å²) in [6, 6.07) is -0.438. The zero-order chi connectivity index (χ0) is 12.0. The quantitative estimate of drug-likeness (QED) is 0.729. The van der Waals surface area contributed by atoms with Gasteiger partial charge in [0.15, 0.2) is 0 Å². The lowest BCUT2D eigenvalue weighted by Gasteiger charge is -2.36. The van der Waals surface area contributed by atoms with E-state index in [9.17, 15) is 4.79 Å². The number of carbonyl (C=O) groups is 1. The Hall–Kier alpha value is -0.610. The maximum Gasteiger partial charge on any atom is 0.320 e. The van der Waals surface area contributed by atoms with Crippen molar-refractivity contribution in [3.8, 4) is 0 Å². The van der Waals surface area contributed by atoms with E-state index >= 15 is 0 Å². The van der Waals surface area contributed by atoms with Crippen LogP contribution in [0.3, 0.4) is 0 Å². The van der Waals surface area contributed by atoms with Crippen molar-refractivity contribution in [3.05, 3.63) is 0 Å². The number of unbranched alkanes of at least 4 members (excludes halogenated alkanes) is 1. The van der Waals surface area contributed by atoms with Gasteiger partial charge < -0.3 is 9.84 Å². The van der Waals surface area contributed by atoms with E-state index in [0.29, 0.717) is 13.0 Å². The number of aliphatic carboxylic acids is 1. The van der Waals surface area contributed by atoms with Gasteiger partial charge >= 0.3 is 5.97 Å². The maximum atomic E-state index is 11.1. The molecule has 1 aliphatic rings. The van der Waals surface area contributed by atoms with Gasteiger partial charge in [-0.1, -0.05) is 19.8 Å². The fraction of sp³-hybridized carbons (Fsp3) is 0.917. The molecule has 2 unspecified atom stereocenters. The highest BCUT2D eigenvalue weighted by Crippen LogP contribution is 2.20. The summed E-state index contributed by atoms with van der Waals surface area (Å²) in [5.74, 6) is -0.750. The fourth-order valence-electron chi connectivity index (χ4n) is 2.13. The molecule has 2 atom stereocenters. The van der Waals surface area contributed by atoms with Crippen LogP contribution in [0.4, 0.5) is 0 Å². The first-order valence-electron chi connectivity index (χ1n) is 6.15. The third-order valence-corrected chi connectivity index (χ3v) is 3.10. The van der Waals surface area contributed by atoms with Crippen LogP contribution in [0.1, 0.15) is 46.0 Å². The van der Waals surface area contributed by atoms with Gasteiger partial charge in [-0.3, -0.25) is 10.1 Å². The number of rotatable bonds is 6. The predicted octanol–water partition coefficient (Wildman–Crippen LogP) is 1.79. The van der Waals surface area contributed by atoms with Gasteiger partial charge in [0.2, 0.25) is 0 Å². The minimum Gasteiger partial charge on any atom is -0.480 e. The normalized spacial score (nSPS) is 27.6. The van der Waals surface area contributed by atoms with Crippen molar-refractivity contribution in [2.75, 3.05) is 13.2 Å². The highest BCUT2D eigenvalue weighted by molar-refractivity contribution is 5.73. The highest BCUT2D eigenvalue weighted by atomic mass is 16.5. The van der Waals surface area contributed by atoms with E-state index in [1.807, 2.05) is 6.92 Å². The number of ether oxygens (including phenoxy) is 1. The average molecular weight is 229 g/mol. The molecule has 1 fully saturated rings. The molecule has 0 aromatic heterocycles. The third-order valence-electron chi connectivity index (χ3n) is 3.10. The van der Waals surface area contributed by atoms with Crippen molar-refractivity contribution in [1.82, 2.24) is 5.32 Å². The lowest BCUT2D eigenvalue weighted by molar-refractivity contribution is -0.140. The molecule has 4 heteroatoms. The standard InChI is InChI=1S/C12H23NO3/c1-3-4-6-10(11(14)15)13-12(2)7-5-8-16-9-12/h10,13H,3-9H2,1-2H3,(H,14,15). The van der Waals surface area contributed by atoms with Gasteiger partial charge in [0, 0.05) is 12.1 Å². The average Bonchev–Trinajstić information content (AvgIpc) is 2.25. The van der Waals surface area contributed by atoms with E-state index in [0.717, 1.165) is 32.3 Å². The summed E-state index contributed by atoms with van der Waals surface area (Å²) in [4.78, 5) is 11.1. The van der Waals surface area contributed by atoms with Crippen molar-refractivity contribution in [2.45, 2.75) is 57.5 Å². The van der Waals surface area contributed by atoms with Gasteiger partial charge in [-0.2, -0.15) is 0 Å². The molecule has 1 aliphatic heterocycles. The molecular formula is C12H23NO3. The molecule has 0 aromatic rings. The van der Waals surface area contributed by atoms with Crippen LogP contribution in [0.25, 0.3) is 0 Å². The van der Waals surface area contributed by atoms with Crippen molar-refractivity contribution in [3.63, 3.8) is 0 Å². The molecule has 0 spiro atoms. The van der Waals surface area contributed by atoms with E-state index in [1.165, 1.54) is 0 Å². The summed E-state index contributed by atoms with van der Waals surface area (Å²) in [5, 5.41) is 12.4. The summed E-state index contributed by atoms with van der Waals surface area (Å²) in [6.07, 6.45) is 4.66. The van der Waals surface area contributed by atoms with Crippen molar-refractivity contribution in [2.24, 2.45) is 0 Å². The lowest BCUT2D eigenvalue weighted by Crippen LogP contribution is -2.55. The summed E-state index contributed by atoms with van der Waals surface area (Å²) in [6.45, 7) is 5.53. The number of carboxylic acid groups (broad SMARTS) is 1. The van der Waals surface area contributed by atoms with Gasteiger partial charge in [0.05, 0.1) is 6.61 Å². The van der Waals surface area contributed by atoms with Crippen molar-refractivity contribution >= 4 is 5.97 Å². The van der Waals surface area contributed by atoms with Gasteiger partial charge in [0.25, 0.3) is 0 Å². The monoisotopic (exact) mass is 229 g/mol. The fourth-order valence-corrected chi connectivity index (χ4v) is 2.13. The van der Waals surface area contributed by atoms with E-state index in [-0.39, 0.29) is 5.54 Å². The van der Waals surface area contributed by atoms with Crippen molar-refractivity contribution in [1.29, 1.82) is 0 Å². The molecule has 4 nitrogen and oxygen atoms in total. The Kier molecular flexibility index (Phi) is 5.22. The van der Waals surface area contributed by atoms with Gasteiger partial charge in [0.1, 0.15) is 6.04 Å². The smallest absolute Gasteiger partial charge is 0.320 e. The van der Waals surface area contributed by atoms with Crippen LogP contribution in [0.5, 0.6) is 0 Å².